The van der Waals surface area contributed by atoms with Gasteiger partial charge in [-0.1, -0.05) is 5.16 Å². The maximum atomic E-state index is 12.6. The lowest BCUT2D eigenvalue weighted by atomic mass is 10.1. The molecular weight excluding hydrogens is 310 g/mol. The summed E-state index contributed by atoms with van der Waals surface area (Å²) in [6.45, 7) is 1.67. The summed E-state index contributed by atoms with van der Waals surface area (Å²) < 4.78 is 5.42. The van der Waals surface area contributed by atoms with E-state index in [2.05, 4.69) is 20.0 Å². The zero-order valence-corrected chi connectivity index (χ0v) is 13.4. The quantitative estimate of drug-likeness (QED) is 0.893. The van der Waals surface area contributed by atoms with E-state index >= 15 is 0 Å². The Morgan fingerprint density at radius 1 is 1.38 bits per heavy atom. The number of hydrogen-bond donors (Lipinski definition) is 1. The lowest BCUT2D eigenvalue weighted by molar-refractivity contribution is 0.0487. The maximum Gasteiger partial charge on any atom is 0.260 e. The van der Waals surface area contributed by atoms with E-state index < -0.39 is 0 Å². The second kappa shape index (κ2) is 5.86. The van der Waals surface area contributed by atoms with Gasteiger partial charge < -0.3 is 14.4 Å². The molecule has 126 valence electrons. The van der Waals surface area contributed by atoms with Crippen LogP contribution in [0, 0.1) is 0 Å². The molecule has 1 aliphatic heterocycles. The van der Waals surface area contributed by atoms with E-state index in [-0.39, 0.29) is 23.1 Å². The molecular formula is C16H19N5O3. The van der Waals surface area contributed by atoms with Crippen molar-refractivity contribution in [2.24, 2.45) is 0 Å². The number of aromatic nitrogens is 3. The average Bonchev–Trinajstić information content (AvgIpc) is 3.33. The third-order valence-electron chi connectivity index (χ3n) is 4.67. The van der Waals surface area contributed by atoms with Crippen LogP contribution in [-0.2, 0) is 0 Å². The van der Waals surface area contributed by atoms with Gasteiger partial charge in [0, 0.05) is 31.7 Å². The van der Waals surface area contributed by atoms with Crippen LogP contribution in [0.25, 0.3) is 0 Å². The molecule has 3 heterocycles. The molecule has 2 aromatic rings. The molecule has 24 heavy (non-hydrogen) atoms. The molecule has 1 unspecified atom stereocenters. The van der Waals surface area contributed by atoms with Crippen LogP contribution in [0.2, 0.25) is 0 Å². The number of carbonyl (C=O) groups is 1. The molecule has 2 aliphatic rings. The number of rotatable bonds is 3. The van der Waals surface area contributed by atoms with Gasteiger partial charge >= 0.3 is 0 Å². The van der Waals surface area contributed by atoms with Crippen LogP contribution >= 0.6 is 0 Å². The molecule has 1 aliphatic carbocycles. The van der Waals surface area contributed by atoms with Gasteiger partial charge in [0.05, 0.1) is 0 Å². The van der Waals surface area contributed by atoms with Crippen LogP contribution in [0.4, 0.5) is 0 Å². The molecule has 4 rings (SSSR count). The molecule has 2 fully saturated rings. The van der Waals surface area contributed by atoms with Gasteiger partial charge in [-0.2, -0.15) is 4.98 Å². The summed E-state index contributed by atoms with van der Waals surface area (Å²) >= 11 is 0. The van der Waals surface area contributed by atoms with Crippen LogP contribution in [0.15, 0.2) is 27.6 Å². The van der Waals surface area contributed by atoms with Crippen molar-refractivity contribution in [2.75, 3.05) is 26.7 Å². The smallest absolute Gasteiger partial charge is 0.260 e. The molecule has 2 aromatic heterocycles. The summed E-state index contributed by atoms with van der Waals surface area (Å²) in [7, 11) is 1.98. The fraction of sp³-hybridized carbons (Fsp3) is 0.500. The van der Waals surface area contributed by atoms with Crippen molar-refractivity contribution >= 4 is 5.91 Å². The number of H-pyrrole nitrogens is 1. The molecule has 1 saturated heterocycles. The second-order valence-corrected chi connectivity index (χ2v) is 6.43. The standard InChI is InChI=1S/C16H19N5O3/c1-20-7-8-21(16(23)11-3-2-6-17-14(11)22)9-12(20)15-18-13(19-24-15)10-4-5-10/h2-3,6,10,12H,4-5,7-9H2,1H3,(H,17,22). The number of nitrogens with zero attached hydrogens (tertiary/aromatic N) is 4. The molecule has 0 aromatic carbocycles. The minimum Gasteiger partial charge on any atom is -0.338 e. The Bertz CT molecular complexity index is 810. The molecule has 0 bridgehead atoms. The van der Waals surface area contributed by atoms with Gasteiger partial charge in [0.25, 0.3) is 11.5 Å². The van der Waals surface area contributed by atoms with Crippen molar-refractivity contribution in [3.05, 3.63) is 46.0 Å². The highest BCUT2D eigenvalue weighted by Crippen LogP contribution is 2.38. The van der Waals surface area contributed by atoms with E-state index in [1.807, 2.05) is 7.05 Å². The van der Waals surface area contributed by atoms with Crippen LogP contribution in [0.3, 0.4) is 0 Å². The summed E-state index contributed by atoms with van der Waals surface area (Å²) in [6, 6.07) is 3.06. The normalized spacial score (nSPS) is 21.9. The number of nitrogens with one attached hydrogen (secondary N) is 1. The van der Waals surface area contributed by atoms with Crippen LogP contribution in [0.5, 0.6) is 0 Å². The van der Waals surface area contributed by atoms with E-state index in [1.54, 1.807) is 17.0 Å². The van der Waals surface area contributed by atoms with Crippen LogP contribution in [0.1, 0.15) is 46.9 Å². The van der Waals surface area contributed by atoms with Crippen molar-refractivity contribution in [2.45, 2.75) is 24.8 Å². The Labute approximate surface area is 138 Å². The molecule has 8 heteroatoms. The first kappa shape index (κ1) is 15.1. The first-order valence-electron chi connectivity index (χ1n) is 8.14. The number of carbonyl (C=O) groups excluding carboxylic acids is 1. The maximum absolute atomic E-state index is 12.6. The van der Waals surface area contributed by atoms with Gasteiger partial charge in [0.1, 0.15) is 11.6 Å². The highest BCUT2D eigenvalue weighted by atomic mass is 16.5. The molecule has 1 N–H and O–H groups in total. The Morgan fingerprint density at radius 3 is 2.96 bits per heavy atom. The highest BCUT2D eigenvalue weighted by Gasteiger charge is 2.35. The van der Waals surface area contributed by atoms with Gasteiger partial charge in [-0.05, 0) is 32.0 Å². The predicted octanol–water partition coefficient (Wildman–Crippen LogP) is 0.764. The molecule has 8 nitrogen and oxygen atoms in total. The molecule has 0 spiro atoms. The monoisotopic (exact) mass is 329 g/mol. The lowest BCUT2D eigenvalue weighted by Gasteiger charge is -2.37. The summed E-state index contributed by atoms with van der Waals surface area (Å²) in [4.78, 5) is 35.3. The summed E-state index contributed by atoms with van der Waals surface area (Å²) in [5, 5.41) is 4.06. The van der Waals surface area contributed by atoms with Gasteiger partial charge in [0.15, 0.2) is 5.82 Å². The first-order valence-corrected chi connectivity index (χ1v) is 8.14. The fourth-order valence-corrected chi connectivity index (χ4v) is 2.98. The van der Waals surface area contributed by atoms with Crippen molar-refractivity contribution in [3.8, 4) is 0 Å². The van der Waals surface area contributed by atoms with Crippen molar-refractivity contribution < 1.29 is 9.32 Å². The van der Waals surface area contributed by atoms with Gasteiger partial charge in [0.2, 0.25) is 5.89 Å². The van der Waals surface area contributed by atoms with Crippen molar-refractivity contribution in [1.82, 2.24) is 24.9 Å². The Kier molecular flexibility index (Phi) is 3.68. The molecule has 1 atom stereocenters. The van der Waals surface area contributed by atoms with E-state index in [0.29, 0.717) is 31.4 Å². The average molecular weight is 329 g/mol. The third-order valence-corrected chi connectivity index (χ3v) is 4.67. The van der Waals surface area contributed by atoms with E-state index in [4.69, 9.17) is 4.52 Å². The number of aromatic amines is 1. The number of likely N-dealkylation sites (N-methyl/N-ethyl adjacent to an activating group) is 1. The topological polar surface area (TPSA) is 95.3 Å². The minimum atomic E-state index is -0.369. The van der Waals surface area contributed by atoms with Crippen molar-refractivity contribution in [3.63, 3.8) is 0 Å². The molecule has 0 radical (unpaired) electrons. The number of piperazine rings is 1. The SMILES string of the molecule is CN1CCN(C(=O)c2ccc[nH]c2=O)CC1c1nc(C2CC2)no1. The van der Waals surface area contributed by atoms with E-state index in [9.17, 15) is 9.59 Å². The zero-order valence-electron chi connectivity index (χ0n) is 13.4. The third kappa shape index (κ3) is 2.73. The number of hydrogen-bond acceptors (Lipinski definition) is 6. The van der Waals surface area contributed by atoms with Crippen LogP contribution in [-0.4, -0.2) is 57.5 Å². The van der Waals surface area contributed by atoms with Gasteiger partial charge in [-0.25, -0.2) is 0 Å². The number of amides is 1. The number of pyridine rings is 1. The van der Waals surface area contributed by atoms with Crippen molar-refractivity contribution in [1.29, 1.82) is 0 Å². The van der Waals surface area contributed by atoms with Gasteiger partial charge in [-0.3, -0.25) is 14.5 Å². The zero-order chi connectivity index (χ0) is 16.7. The Balaban J connectivity index is 1.54. The fourth-order valence-electron chi connectivity index (χ4n) is 2.98. The highest BCUT2D eigenvalue weighted by molar-refractivity contribution is 5.93. The predicted molar refractivity (Wildman–Crippen MR) is 84.6 cm³/mol. The summed E-state index contributed by atoms with van der Waals surface area (Å²) in [5.74, 6) is 1.47. The molecule has 1 amide bonds. The minimum absolute atomic E-state index is 0.148. The summed E-state index contributed by atoms with van der Waals surface area (Å²) in [6.07, 6.45) is 3.74. The largest absolute Gasteiger partial charge is 0.338 e. The first-order chi connectivity index (χ1) is 11.6. The van der Waals surface area contributed by atoms with Gasteiger partial charge in [-0.15, -0.1) is 0 Å². The van der Waals surface area contributed by atoms with Crippen LogP contribution < -0.4 is 5.56 Å². The molecule has 1 saturated carbocycles. The lowest BCUT2D eigenvalue weighted by Crippen LogP contribution is -2.49. The van der Waals surface area contributed by atoms with E-state index in [0.717, 1.165) is 18.7 Å². The Morgan fingerprint density at radius 2 is 2.21 bits per heavy atom. The second-order valence-electron chi connectivity index (χ2n) is 6.43. The Hall–Kier alpha value is -2.48. The van der Waals surface area contributed by atoms with E-state index in [1.165, 1.54) is 6.20 Å². The summed E-state index contributed by atoms with van der Waals surface area (Å²) in [5.41, 5.74) is -0.211.